The van der Waals surface area contributed by atoms with E-state index in [1.807, 2.05) is 27.2 Å². The highest BCUT2D eigenvalue weighted by molar-refractivity contribution is 7.47. The van der Waals surface area contributed by atoms with Gasteiger partial charge in [0.1, 0.15) is 19.3 Å². The number of carbonyl (C=O) groups excluding carboxylic acids is 1. The largest absolute Gasteiger partial charge is 0.472 e. The van der Waals surface area contributed by atoms with E-state index in [0.717, 1.165) is 44.9 Å². The fraction of sp³-hybridized carbons (Fsp3) is 0.771. The number of ether oxygens (including phenoxy) is 2. The van der Waals surface area contributed by atoms with Gasteiger partial charge in [-0.2, -0.15) is 0 Å². The Hall–Kier alpha value is -1.80. The van der Waals surface area contributed by atoms with Crippen LogP contribution in [0, 0.1) is 0 Å². The molecule has 0 heterocycles. The summed E-state index contributed by atoms with van der Waals surface area (Å²) in [6.07, 6.45) is 51.5. The average Bonchev–Trinajstić information content (AvgIpc) is 3.16. The van der Waals surface area contributed by atoms with Crippen molar-refractivity contribution in [2.75, 3.05) is 54.1 Å². The van der Waals surface area contributed by atoms with Crippen molar-refractivity contribution in [1.82, 2.24) is 0 Å². The Kier molecular flexibility index (Phi) is 39.7. The molecule has 9 heteroatoms. The number of nitrogens with zero attached hydrogens (tertiary/aromatic N) is 1. The minimum Gasteiger partial charge on any atom is -0.457 e. The summed E-state index contributed by atoms with van der Waals surface area (Å²) in [7, 11) is 1.61. The lowest BCUT2D eigenvalue weighted by atomic mass is 10.0. The fourth-order valence-corrected chi connectivity index (χ4v) is 6.84. The van der Waals surface area contributed by atoms with Crippen LogP contribution in [0.2, 0.25) is 0 Å². The molecular weight excluding hydrogens is 734 g/mol. The van der Waals surface area contributed by atoms with Gasteiger partial charge in [-0.25, -0.2) is 4.57 Å². The molecule has 8 nitrogen and oxygen atoms in total. The first-order valence-electron chi connectivity index (χ1n) is 23.0. The van der Waals surface area contributed by atoms with Crippen LogP contribution in [0.5, 0.6) is 0 Å². The van der Waals surface area contributed by atoms with Gasteiger partial charge in [0.2, 0.25) is 0 Å². The molecule has 0 aliphatic rings. The summed E-state index contributed by atoms with van der Waals surface area (Å²) >= 11 is 0. The number of carbonyl (C=O) groups is 1. The van der Waals surface area contributed by atoms with Crippen LogP contribution in [0.3, 0.4) is 0 Å². The Morgan fingerprint density at radius 2 is 0.947 bits per heavy atom. The van der Waals surface area contributed by atoms with Crippen molar-refractivity contribution in [2.45, 2.75) is 187 Å². The summed E-state index contributed by atoms with van der Waals surface area (Å²) in [5.74, 6) is -0.439. The molecule has 0 aliphatic carbocycles. The standard InChI is InChI=1S/C48H88NO7P/c1-6-8-10-12-14-16-18-20-22-23-24-25-26-28-30-32-34-36-38-40-43-53-45-47(46-55-57(51,52)54-44-42-49(3,4)5)56-48(50)41-39-37-35-33-31-29-27-21-19-17-15-13-11-9-7-2/h9,11,15,17,21,27,31,33,37,39,47H,6-8,10,12-14,16,18-20,22-26,28-30,32,34-36,38,40-46H2,1-5H3/p+1/b11-9-,17-15-,27-21-,33-31-,39-37-. The van der Waals surface area contributed by atoms with Crippen LogP contribution in [0.4, 0.5) is 0 Å². The van der Waals surface area contributed by atoms with Gasteiger partial charge in [0.15, 0.2) is 0 Å². The molecule has 57 heavy (non-hydrogen) atoms. The summed E-state index contributed by atoms with van der Waals surface area (Å²) in [4.78, 5) is 22.8. The highest BCUT2D eigenvalue weighted by Gasteiger charge is 2.26. The summed E-state index contributed by atoms with van der Waals surface area (Å²) in [6.45, 7) is 5.39. The van der Waals surface area contributed by atoms with E-state index in [4.69, 9.17) is 18.5 Å². The predicted octanol–water partition coefficient (Wildman–Crippen LogP) is 13.7. The molecule has 0 rings (SSSR count). The van der Waals surface area contributed by atoms with Crippen LogP contribution < -0.4 is 0 Å². The topological polar surface area (TPSA) is 91.3 Å². The number of unbranched alkanes of at least 4 members (excludes halogenated alkanes) is 19. The second kappa shape index (κ2) is 41.0. The fourth-order valence-electron chi connectivity index (χ4n) is 6.10. The van der Waals surface area contributed by atoms with E-state index in [-0.39, 0.29) is 26.2 Å². The van der Waals surface area contributed by atoms with E-state index in [1.165, 1.54) is 116 Å². The Morgan fingerprint density at radius 3 is 1.37 bits per heavy atom. The Balaban J connectivity index is 4.27. The van der Waals surface area contributed by atoms with Crippen LogP contribution >= 0.6 is 7.82 Å². The van der Waals surface area contributed by atoms with Crippen molar-refractivity contribution in [3.8, 4) is 0 Å². The summed E-state index contributed by atoms with van der Waals surface area (Å²) < 4.78 is 34.9. The number of phosphoric acid groups is 1. The molecule has 0 saturated carbocycles. The van der Waals surface area contributed by atoms with Gasteiger partial charge in [-0.1, -0.05) is 197 Å². The molecule has 0 fully saturated rings. The van der Waals surface area contributed by atoms with Gasteiger partial charge in [-0.15, -0.1) is 0 Å². The van der Waals surface area contributed by atoms with Crippen molar-refractivity contribution in [3.63, 3.8) is 0 Å². The third-order valence-corrected chi connectivity index (χ3v) is 10.6. The van der Waals surface area contributed by atoms with Crippen molar-refractivity contribution in [2.24, 2.45) is 0 Å². The predicted molar refractivity (Wildman–Crippen MR) is 242 cm³/mol. The minimum absolute atomic E-state index is 0.0712. The van der Waals surface area contributed by atoms with E-state index >= 15 is 0 Å². The molecule has 0 saturated heterocycles. The van der Waals surface area contributed by atoms with E-state index < -0.39 is 19.9 Å². The first-order chi connectivity index (χ1) is 27.6. The average molecular weight is 823 g/mol. The number of hydrogen-bond acceptors (Lipinski definition) is 6. The number of esters is 1. The zero-order valence-electron chi connectivity index (χ0n) is 37.6. The highest BCUT2D eigenvalue weighted by atomic mass is 31.2. The maximum Gasteiger partial charge on any atom is 0.472 e. The lowest BCUT2D eigenvalue weighted by Gasteiger charge is -2.24. The van der Waals surface area contributed by atoms with Crippen LogP contribution in [0.15, 0.2) is 60.8 Å². The Morgan fingerprint density at radius 1 is 0.544 bits per heavy atom. The van der Waals surface area contributed by atoms with Gasteiger partial charge in [0.25, 0.3) is 0 Å². The van der Waals surface area contributed by atoms with Crippen molar-refractivity contribution >= 4 is 13.8 Å². The summed E-state index contributed by atoms with van der Waals surface area (Å²) in [5.41, 5.74) is 0. The van der Waals surface area contributed by atoms with E-state index in [9.17, 15) is 14.3 Å². The first kappa shape index (κ1) is 55.2. The molecular formula is C48H89NO7P+. The van der Waals surface area contributed by atoms with Gasteiger partial charge in [-0.3, -0.25) is 13.8 Å². The van der Waals surface area contributed by atoms with Crippen LogP contribution in [0.1, 0.15) is 181 Å². The monoisotopic (exact) mass is 823 g/mol. The molecule has 0 bridgehead atoms. The maximum atomic E-state index is 12.6. The number of likely N-dealkylation sites (N-methyl/N-ethyl adjacent to an activating group) is 1. The molecule has 0 aliphatic heterocycles. The lowest BCUT2D eigenvalue weighted by Crippen LogP contribution is -2.37. The molecule has 2 atom stereocenters. The van der Waals surface area contributed by atoms with Gasteiger partial charge in [-0.05, 0) is 38.5 Å². The number of phosphoric ester groups is 1. The van der Waals surface area contributed by atoms with Crippen molar-refractivity contribution in [3.05, 3.63) is 60.8 Å². The third-order valence-electron chi connectivity index (χ3n) is 9.63. The summed E-state index contributed by atoms with van der Waals surface area (Å²) in [6, 6.07) is 0. The van der Waals surface area contributed by atoms with Crippen molar-refractivity contribution < 1.29 is 37.3 Å². The number of hydrogen-bond donors (Lipinski definition) is 1. The molecule has 0 aromatic heterocycles. The number of quaternary nitrogens is 1. The lowest BCUT2D eigenvalue weighted by molar-refractivity contribution is -0.870. The highest BCUT2D eigenvalue weighted by Crippen LogP contribution is 2.43. The molecule has 0 amide bonds. The van der Waals surface area contributed by atoms with Gasteiger partial charge < -0.3 is 18.9 Å². The smallest absolute Gasteiger partial charge is 0.457 e. The molecule has 332 valence electrons. The molecule has 0 aromatic rings. The van der Waals surface area contributed by atoms with E-state index in [0.29, 0.717) is 17.6 Å². The zero-order valence-corrected chi connectivity index (χ0v) is 38.5. The normalized spacial score (nSPS) is 14.3. The number of rotatable bonds is 42. The second-order valence-corrected chi connectivity index (χ2v) is 17.9. The third kappa shape index (κ3) is 45.1. The van der Waals surface area contributed by atoms with Gasteiger partial charge >= 0.3 is 13.8 Å². The zero-order chi connectivity index (χ0) is 42.0. The second-order valence-electron chi connectivity index (χ2n) is 16.4. The van der Waals surface area contributed by atoms with E-state index in [2.05, 4.69) is 62.5 Å². The first-order valence-corrected chi connectivity index (χ1v) is 24.5. The van der Waals surface area contributed by atoms with Crippen molar-refractivity contribution in [1.29, 1.82) is 0 Å². The van der Waals surface area contributed by atoms with Crippen LogP contribution in [0.25, 0.3) is 0 Å². The van der Waals surface area contributed by atoms with Crippen LogP contribution in [-0.2, 0) is 27.9 Å². The van der Waals surface area contributed by atoms with Gasteiger partial charge in [0, 0.05) is 6.61 Å². The molecule has 2 unspecified atom stereocenters. The SMILES string of the molecule is CC/C=C\C/C=C\C/C=C\C/C=C\C/C=C\CC(=O)OC(COCCCCCCCCCCCCCCCCCCCCCC)COP(=O)(O)OCC[N+](C)(C)C. The minimum atomic E-state index is -4.30. The maximum absolute atomic E-state index is 12.6. The van der Waals surface area contributed by atoms with Crippen LogP contribution in [-0.4, -0.2) is 75.6 Å². The Labute approximate surface area is 351 Å². The molecule has 0 radical (unpaired) electrons. The molecule has 0 spiro atoms. The van der Waals surface area contributed by atoms with Gasteiger partial charge in [0.05, 0.1) is 40.8 Å². The number of allylic oxidation sites excluding steroid dienone is 9. The van der Waals surface area contributed by atoms with E-state index in [1.54, 1.807) is 6.08 Å². The molecule has 0 aromatic carbocycles. The Bertz CT molecular complexity index is 1090. The molecule has 1 N–H and O–H groups in total. The summed E-state index contributed by atoms with van der Waals surface area (Å²) in [5, 5.41) is 0. The quantitative estimate of drug-likeness (QED) is 0.0215.